The highest BCUT2D eigenvalue weighted by atomic mass is 19.1. The van der Waals surface area contributed by atoms with Gasteiger partial charge in [-0.25, -0.2) is 13.5 Å². The van der Waals surface area contributed by atoms with Gasteiger partial charge in [0, 0.05) is 11.6 Å². The Kier molecular flexibility index (Phi) is 4.88. The largest absolute Gasteiger partial charge is 0.322 e. The molecule has 0 aliphatic heterocycles. The molecule has 2 heterocycles. The van der Waals surface area contributed by atoms with Crippen LogP contribution >= 0.6 is 0 Å². The molecule has 1 amide bonds. The van der Waals surface area contributed by atoms with Crippen LogP contribution in [0.1, 0.15) is 49.6 Å². The third-order valence-electron chi connectivity index (χ3n) is 5.37. The molecule has 0 radical (unpaired) electrons. The minimum atomic E-state index is -1.32. The van der Waals surface area contributed by atoms with Crippen LogP contribution in [0.2, 0.25) is 0 Å². The first kappa shape index (κ1) is 20.1. The number of benzene rings is 1. The van der Waals surface area contributed by atoms with Crippen molar-refractivity contribution in [3.8, 4) is 0 Å². The summed E-state index contributed by atoms with van der Waals surface area (Å²) in [5.74, 6) is -1.26. The molecule has 1 aliphatic rings. The van der Waals surface area contributed by atoms with Crippen molar-refractivity contribution in [2.24, 2.45) is 0 Å². The Hall–Kier alpha value is -3.16. The van der Waals surface area contributed by atoms with E-state index in [4.69, 9.17) is 0 Å². The zero-order valence-corrected chi connectivity index (χ0v) is 17.0. The molecule has 6 nitrogen and oxygen atoms in total. The van der Waals surface area contributed by atoms with Gasteiger partial charge in [0.1, 0.15) is 12.2 Å². The Morgan fingerprint density at radius 1 is 1.27 bits per heavy atom. The van der Waals surface area contributed by atoms with Gasteiger partial charge in [0.2, 0.25) is 5.91 Å². The number of carbonyl (C=O) groups excluding carboxylic acids is 1. The molecule has 4 rings (SSSR count). The zero-order valence-electron chi connectivity index (χ0n) is 17.0. The molecule has 2 aromatic heterocycles. The molecule has 0 saturated heterocycles. The minimum Gasteiger partial charge on any atom is -0.322 e. The summed E-state index contributed by atoms with van der Waals surface area (Å²) in [7, 11) is 0. The Morgan fingerprint density at radius 2 is 2.00 bits per heavy atom. The Bertz CT molecular complexity index is 1220. The fraction of sp³-hybridized carbons (Fsp3) is 0.364. The average molecular weight is 412 g/mol. The Morgan fingerprint density at radius 3 is 2.67 bits per heavy atom. The predicted molar refractivity (Wildman–Crippen MR) is 110 cm³/mol. The van der Waals surface area contributed by atoms with Gasteiger partial charge >= 0.3 is 0 Å². The van der Waals surface area contributed by atoms with Crippen LogP contribution in [0.5, 0.6) is 0 Å². The van der Waals surface area contributed by atoms with E-state index in [1.807, 2.05) is 13.8 Å². The number of aryl methyl sites for hydroxylation is 1. The number of aromatic nitrogens is 3. The number of fused-ring (bicyclic) bond motifs is 1. The summed E-state index contributed by atoms with van der Waals surface area (Å²) in [6, 6.07) is 6.27. The van der Waals surface area contributed by atoms with Crippen LogP contribution in [0.4, 0.5) is 14.5 Å². The van der Waals surface area contributed by atoms with Crippen molar-refractivity contribution in [2.45, 2.75) is 51.7 Å². The lowest BCUT2D eigenvalue weighted by molar-refractivity contribution is -0.117. The molecule has 3 aromatic rings. The first-order chi connectivity index (χ1) is 14.2. The molecule has 1 aliphatic carbocycles. The summed E-state index contributed by atoms with van der Waals surface area (Å²) in [4.78, 5) is 29.2. The van der Waals surface area contributed by atoms with Crippen molar-refractivity contribution < 1.29 is 13.6 Å². The second kappa shape index (κ2) is 7.27. The van der Waals surface area contributed by atoms with Crippen LogP contribution in [0, 0.1) is 12.7 Å². The lowest BCUT2D eigenvalue weighted by Gasteiger charge is -2.15. The molecule has 1 aromatic carbocycles. The average Bonchev–Trinajstić information content (AvgIpc) is 3.45. The van der Waals surface area contributed by atoms with E-state index in [2.05, 4.69) is 15.4 Å². The van der Waals surface area contributed by atoms with E-state index in [9.17, 15) is 18.4 Å². The van der Waals surface area contributed by atoms with Crippen LogP contribution in [-0.4, -0.2) is 20.7 Å². The van der Waals surface area contributed by atoms with Crippen molar-refractivity contribution >= 4 is 22.4 Å². The highest BCUT2D eigenvalue weighted by molar-refractivity contribution is 5.91. The standard InChI is InChI=1S/C22H22F2N4O2/c1-12(2)20-16-10-14(22(24)7-8-22)4-5-15(16)21(30)28(27-20)11-18(29)26-17-6-9-25-13(3)19(17)23/h4-6,9-10,12H,7-8,11H2,1-3H3,(H,25,26,29). The molecule has 1 N–H and O–H groups in total. The molecule has 0 bridgehead atoms. The summed E-state index contributed by atoms with van der Waals surface area (Å²) < 4.78 is 29.7. The van der Waals surface area contributed by atoms with Crippen LogP contribution in [0.15, 0.2) is 35.3 Å². The first-order valence-corrected chi connectivity index (χ1v) is 9.85. The number of hydrogen-bond acceptors (Lipinski definition) is 4. The fourth-order valence-electron chi connectivity index (χ4n) is 3.49. The van der Waals surface area contributed by atoms with E-state index in [1.54, 1.807) is 18.2 Å². The topological polar surface area (TPSA) is 76.9 Å². The third-order valence-corrected chi connectivity index (χ3v) is 5.37. The van der Waals surface area contributed by atoms with E-state index in [1.165, 1.54) is 19.2 Å². The Labute approximate surface area is 171 Å². The van der Waals surface area contributed by atoms with E-state index < -0.39 is 23.0 Å². The summed E-state index contributed by atoms with van der Waals surface area (Å²) in [6.45, 7) is 4.96. The highest BCUT2D eigenvalue weighted by Gasteiger charge is 2.45. The number of carbonyl (C=O) groups is 1. The van der Waals surface area contributed by atoms with Crippen molar-refractivity contribution in [3.63, 3.8) is 0 Å². The monoisotopic (exact) mass is 412 g/mol. The number of amides is 1. The van der Waals surface area contributed by atoms with Crippen LogP contribution < -0.4 is 10.9 Å². The molecule has 1 saturated carbocycles. The molecule has 156 valence electrons. The maximum absolute atomic E-state index is 14.5. The van der Waals surface area contributed by atoms with Crippen molar-refractivity contribution in [2.75, 3.05) is 5.32 Å². The van der Waals surface area contributed by atoms with E-state index in [-0.39, 0.29) is 23.8 Å². The van der Waals surface area contributed by atoms with Crippen molar-refractivity contribution in [3.05, 3.63) is 63.6 Å². The highest BCUT2D eigenvalue weighted by Crippen LogP contribution is 2.50. The minimum absolute atomic E-state index is 0.00672. The predicted octanol–water partition coefficient (Wildman–Crippen LogP) is 3.96. The molecule has 8 heteroatoms. The SMILES string of the molecule is Cc1nccc(NC(=O)Cn2nc(C(C)C)c3cc(C4(F)CC4)ccc3c2=O)c1F. The quantitative estimate of drug-likeness (QED) is 0.688. The smallest absolute Gasteiger partial charge is 0.275 e. The second-order valence-corrected chi connectivity index (χ2v) is 8.03. The first-order valence-electron chi connectivity index (χ1n) is 9.85. The summed E-state index contributed by atoms with van der Waals surface area (Å²) >= 11 is 0. The molecule has 0 atom stereocenters. The number of rotatable bonds is 5. The van der Waals surface area contributed by atoms with Gasteiger partial charge in [-0.2, -0.15) is 5.10 Å². The molecule has 0 unspecified atom stereocenters. The van der Waals surface area contributed by atoms with Gasteiger partial charge in [-0.15, -0.1) is 0 Å². The number of nitrogens with one attached hydrogen (secondary N) is 1. The molecule has 1 fully saturated rings. The summed E-state index contributed by atoms with van der Waals surface area (Å²) in [5.41, 5.74) is -0.456. The van der Waals surface area contributed by atoms with Gasteiger partial charge in [-0.05, 0) is 49.4 Å². The maximum atomic E-state index is 14.5. The number of anilines is 1. The fourth-order valence-corrected chi connectivity index (χ4v) is 3.49. The van der Waals surface area contributed by atoms with Gasteiger partial charge in [0.25, 0.3) is 5.56 Å². The summed E-state index contributed by atoms with van der Waals surface area (Å²) in [6.07, 6.45) is 2.34. The number of alkyl halides is 1. The van der Waals surface area contributed by atoms with Crippen molar-refractivity contribution in [1.82, 2.24) is 14.8 Å². The van der Waals surface area contributed by atoms with Gasteiger partial charge in [0.15, 0.2) is 5.82 Å². The van der Waals surface area contributed by atoms with Gasteiger partial charge < -0.3 is 5.32 Å². The van der Waals surface area contributed by atoms with Crippen LogP contribution in [-0.2, 0) is 17.0 Å². The van der Waals surface area contributed by atoms with Crippen LogP contribution in [0.3, 0.4) is 0 Å². The normalized spacial score (nSPS) is 14.9. The maximum Gasteiger partial charge on any atom is 0.275 e. The number of nitrogens with zero attached hydrogens (tertiary/aromatic N) is 3. The van der Waals surface area contributed by atoms with Crippen molar-refractivity contribution in [1.29, 1.82) is 0 Å². The lowest BCUT2D eigenvalue weighted by atomic mass is 9.99. The molecular formula is C22H22F2N4O2. The second-order valence-electron chi connectivity index (χ2n) is 8.03. The lowest BCUT2D eigenvalue weighted by Crippen LogP contribution is -2.31. The molecular weight excluding hydrogens is 390 g/mol. The van der Waals surface area contributed by atoms with E-state index in [0.29, 0.717) is 34.9 Å². The number of hydrogen-bond donors (Lipinski definition) is 1. The number of pyridine rings is 1. The van der Waals surface area contributed by atoms with Crippen LogP contribution in [0.25, 0.3) is 10.8 Å². The number of halogens is 2. The van der Waals surface area contributed by atoms with Gasteiger partial charge in [-0.3, -0.25) is 14.6 Å². The zero-order chi connectivity index (χ0) is 21.6. The third kappa shape index (κ3) is 3.58. The van der Waals surface area contributed by atoms with Gasteiger partial charge in [-0.1, -0.05) is 19.9 Å². The Balaban J connectivity index is 1.70. The van der Waals surface area contributed by atoms with Gasteiger partial charge in [0.05, 0.1) is 22.5 Å². The summed E-state index contributed by atoms with van der Waals surface area (Å²) in [5, 5.41) is 7.81. The van der Waals surface area contributed by atoms with E-state index in [0.717, 1.165) is 4.68 Å². The van der Waals surface area contributed by atoms with E-state index >= 15 is 0 Å². The molecule has 30 heavy (non-hydrogen) atoms. The molecule has 0 spiro atoms.